The van der Waals surface area contributed by atoms with Crippen LogP contribution in [0.3, 0.4) is 0 Å². The van der Waals surface area contributed by atoms with Crippen molar-refractivity contribution in [1.29, 1.82) is 5.26 Å². The quantitative estimate of drug-likeness (QED) is 0.891. The second-order valence-corrected chi connectivity index (χ2v) is 5.24. The molecule has 0 fully saturated rings. The number of halogens is 2. The molecule has 0 aliphatic carbocycles. The van der Waals surface area contributed by atoms with E-state index in [1.54, 1.807) is 6.07 Å². The number of nitrogens with zero attached hydrogens (tertiary/aromatic N) is 2. The summed E-state index contributed by atoms with van der Waals surface area (Å²) in [5.74, 6) is -1.09. The van der Waals surface area contributed by atoms with Gasteiger partial charge in [-0.25, -0.2) is 4.39 Å². The predicted molar refractivity (Wildman–Crippen MR) is 78.7 cm³/mol. The molecule has 0 saturated heterocycles. The van der Waals surface area contributed by atoms with Gasteiger partial charge >= 0.3 is 0 Å². The van der Waals surface area contributed by atoms with E-state index in [0.29, 0.717) is 12.0 Å². The molecular formula is C15H12ClFN4O. The minimum atomic E-state index is -0.740. The van der Waals surface area contributed by atoms with E-state index in [-0.39, 0.29) is 27.9 Å². The third-order valence-corrected chi connectivity index (χ3v) is 3.99. The number of allylic oxidation sites excluding steroid dienone is 1. The molecule has 1 aliphatic rings. The molecule has 0 spiro atoms. The first-order valence-corrected chi connectivity index (χ1v) is 7.04. The Morgan fingerprint density at radius 1 is 1.50 bits per heavy atom. The topological polar surface area (TPSA) is 87.7 Å². The molecule has 112 valence electrons. The number of rotatable bonds is 2. The molecule has 0 radical (unpaired) electrons. The fourth-order valence-electron chi connectivity index (χ4n) is 2.65. The summed E-state index contributed by atoms with van der Waals surface area (Å²) in [4.78, 5) is 0. The zero-order valence-corrected chi connectivity index (χ0v) is 12.4. The number of benzene rings is 1. The highest BCUT2D eigenvalue weighted by Gasteiger charge is 2.37. The summed E-state index contributed by atoms with van der Waals surface area (Å²) in [5.41, 5.74) is 7.46. The van der Waals surface area contributed by atoms with Crippen molar-refractivity contribution in [2.24, 2.45) is 5.73 Å². The van der Waals surface area contributed by atoms with Gasteiger partial charge in [-0.05, 0) is 18.6 Å². The van der Waals surface area contributed by atoms with Crippen LogP contribution in [0.5, 0.6) is 5.88 Å². The second kappa shape index (κ2) is 5.35. The average Bonchev–Trinajstić information content (AvgIpc) is 2.89. The lowest BCUT2D eigenvalue weighted by molar-refractivity contribution is 0.377. The lowest BCUT2D eigenvalue weighted by Gasteiger charge is -2.24. The second-order valence-electron chi connectivity index (χ2n) is 4.83. The van der Waals surface area contributed by atoms with E-state index >= 15 is 0 Å². The number of nitrogens with two attached hydrogens (primary N) is 1. The molecule has 22 heavy (non-hydrogen) atoms. The van der Waals surface area contributed by atoms with E-state index in [2.05, 4.69) is 10.2 Å². The highest BCUT2D eigenvalue weighted by Crippen LogP contribution is 2.45. The van der Waals surface area contributed by atoms with Gasteiger partial charge in [-0.15, -0.1) is 5.10 Å². The lowest BCUT2D eigenvalue weighted by atomic mass is 9.83. The van der Waals surface area contributed by atoms with E-state index in [0.717, 1.165) is 5.69 Å². The molecular weight excluding hydrogens is 307 g/mol. The van der Waals surface area contributed by atoms with E-state index in [1.807, 2.05) is 13.0 Å². The molecule has 1 aromatic carbocycles. The Kier molecular flexibility index (Phi) is 3.51. The average molecular weight is 319 g/mol. The molecule has 0 saturated carbocycles. The Balaban J connectivity index is 2.33. The molecule has 3 rings (SSSR count). The molecule has 1 aliphatic heterocycles. The summed E-state index contributed by atoms with van der Waals surface area (Å²) in [5, 5.41) is 16.5. The summed E-state index contributed by atoms with van der Waals surface area (Å²) < 4.78 is 19.8. The maximum atomic E-state index is 14.4. The molecule has 1 atom stereocenters. The van der Waals surface area contributed by atoms with Crippen LogP contribution in [0.2, 0.25) is 5.02 Å². The molecule has 2 aromatic rings. The van der Waals surface area contributed by atoms with Gasteiger partial charge in [0, 0.05) is 16.3 Å². The number of nitriles is 1. The van der Waals surface area contributed by atoms with Gasteiger partial charge in [0.1, 0.15) is 17.5 Å². The summed E-state index contributed by atoms with van der Waals surface area (Å²) in [6, 6.07) is 6.39. The Labute approximate surface area is 131 Å². The first kappa shape index (κ1) is 14.4. The zero-order chi connectivity index (χ0) is 15.9. The van der Waals surface area contributed by atoms with Crippen LogP contribution < -0.4 is 10.5 Å². The van der Waals surface area contributed by atoms with Crippen LogP contribution in [0.1, 0.15) is 29.7 Å². The highest BCUT2D eigenvalue weighted by molar-refractivity contribution is 6.31. The Morgan fingerprint density at radius 2 is 2.27 bits per heavy atom. The molecule has 2 heterocycles. The van der Waals surface area contributed by atoms with Gasteiger partial charge < -0.3 is 10.5 Å². The van der Waals surface area contributed by atoms with E-state index in [9.17, 15) is 9.65 Å². The van der Waals surface area contributed by atoms with Crippen molar-refractivity contribution in [3.8, 4) is 11.9 Å². The number of aromatic nitrogens is 2. The largest absolute Gasteiger partial charge is 0.420 e. The molecule has 5 nitrogen and oxygen atoms in total. The number of aryl methyl sites for hydroxylation is 1. The monoisotopic (exact) mass is 318 g/mol. The molecule has 0 amide bonds. The maximum absolute atomic E-state index is 14.4. The van der Waals surface area contributed by atoms with Gasteiger partial charge in [-0.3, -0.25) is 5.10 Å². The Hall–Kier alpha value is -2.52. The number of fused-ring (bicyclic) bond motifs is 1. The van der Waals surface area contributed by atoms with Crippen LogP contribution in [0, 0.1) is 17.1 Å². The van der Waals surface area contributed by atoms with Crippen molar-refractivity contribution in [1.82, 2.24) is 10.2 Å². The summed E-state index contributed by atoms with van der Waals surface area (Å²) in [6.07, 6.45) is 0.618. The fraction of sp³-hybridized carbons (Fsp3) is 0.200. The minimum absolute atomic E-state index is 0.0894. The summed E-state index contributed by atoms with van der Waals surface area (Å²) in [6.45, 7) is 1.92. The van der Waals surface area contributed by atoms with Gasteiger partial charge in [0.15, 0.2) is 0 Å². The normalized spacial score (nSPS) is 16.9. The van der Waals surface area contributed by atoms with Crippen LogP contribution in [0.15, 0.2) is 29.7 Å². The third-order valence-electron chi connectivity index (χ3n) is 3.66. The van der Waals surface area contributed by atoms with Gasteiger partial charge in [-0.2, -0.15) is 5.26 Å². The predicted octanol–water partition coefficient (Wildman–Crippen LogP) is 2.98. The maximum Gasteiger partial charge on any atom is 0.244 e. The zero-order valence-electron chi connectivity index (χ0n) is 11.7. The van der Waals surface area contributed by atoms with Crippen LogP contribution in [0.4, 0.5) is 4.39 Å². The highest BCUT2D eigenvalue weighted by atomic mass is 35.5. The van der Waals surface area contributed by atoms with Gasteiger partial charge in [-0.1, -0.05) is 24.6 Å². The summed E-state index contributed by atoms with van der Waals surface area (Å²) >= 11 is 6.18. The van der Waals surface area contributed by atoms with Crippen molar-refractivity contribution in [3.05, 3.63) is 57.3 Å². The molecule has 0 unspecified atom stereocenters. The van der Waals surface area contributed by atoms with E-state index in [4.69, 9.17) is 22.1 Å². The Morgan fingerprint density at radius 3 is 2.91 bits per heavy atom. The van der Waals surface area contributed by atoms with Crippen LogP contribution in [-0.2, 0) is 6.42 Å². The molecule has 3 N–H and O–H groups in total. The molecule has 0 bridgehead atoms. The third kappa shape index (κ3) is 2.02. The van der Waals surface area contributed by atoms with Crippen LogP contribution >= 0.6 is 11.6 Å². The first-order chi connectivity index (χ1) is 10.6. The van der Waals surface area contributed by atoms with Crippen molar-refractivity contribution < 1.29 is 9.13 Å². The van der Waals surface area contributed by atoms with Gasteiger partial charge in [0.05, 0.1) is 11.5 Å². The van der Waals surface area contributed by atoms with E-state index in [1.165, 1.54) is 12.1 Å². The number of nitrogens with one attached hydrogen (secondary N) is 1. The first-order valence-electron chi connectivity index (χ1n) is 6.67. The van der Waals surface area contributed by atoms with Crippen molar-refractivity contribution in [2.45, 2.75) is 19.3 Å². The van der Waals surface area contributed by atoms with Gasteiger partial charge in [0.2, 0.25) is 11.8 Å². The van der Waals surface area contributed by atoms with E-state index < -0.39 is 11.7 Å². The number of aromatic amines is 1. The lowest BCUT2D eigenvalue weighted by Crippen LogP contribution is -2.22. The van der Waals surface area contributed by atoms with Crippen molar-refractivity contribution in [2.75, 3.05) is 0 Å². The molecule has 7 heteroatoms. The number of hydrogen-bond acceptors (Lipinski definition) is 4. The number of hydrogen-bond donors (Lipinski definition) is 2. The SMILES string of the molecule is CCc1[nH]nc2c1[C@H](c1c(F)cccc1Cl)C(C#N)=C(N)O2. The number of ether oxygens (including phenoxy) is 1. The fourth-order valence-corrected chi connectivity index (χ4v) is 2.93. The van der Waals surface area contributed by atoms with Crippen molar-refractivity contribution >= 4 is 11.6 Å². The summed E-state index contributed by atoms with van der Waals surface area (Å²) in [7, 11) is 0. The minimum Gasteiger partial charge on any atom is -0.420 e. The van der Waals surface area contributed by atoms with Crippen molar-refractivity contribution in [3.63, 3.8) is 0 Å². The molecule has 1 aromatic heterocycles. The number of H-pyrrole nitrogens is 1. The van der Waals surface area contributed by atoms with Crippen LogP contribution in [-0.4, -0.2) is 10.2 Å². The smallest absolute Gasteiger partial charge is 0.244 e. The van der Waals surface area contributed by atoms with Gasteiger partial charge in [0.25, 0.3) is 0 Å². The Bertz CT molecular complexity index is 801. The standard InChI is InChI=1S/C15H12ClFN4O/c1-2-10-13-11(12-8(16)4-3-5-9(12)17)7(6-18)14(19)22-15(13)21-20-10/h3-5,11H,2,19H2,1H3,(H,20,21)/t11-/m0/s1. The van der Waals surface area contributed by atoms with Crippen LogP contribution in [0.25, 0.3) is 0 Å².